The first kappa shape index (κ1) is 19.8. The molecule has 0 spiro atoms. The van der Waals surface area contributed by atoms with Gasteiger partial charge in [-0.2, -0.15) is 0 Å². The highest BCUT2D eigenvalue weighted by Gasteiger charge is 2.17. The van der Waals surface area contributed by atoms with Crippen molar-refractivity contribution >= 4 is 11.8 Å². The second kappa shape index (κ2) is 8.21. The SMILES string of the molecule is Cc1cc(C(C)(C)C)cc(C)c1CC(=O)NCCNC(=O)c1ccco1. The minimum Gasteiger partial charge on any atom is -0.459 e. The second-order valence-electron chi connectivity index (χ2n) is 7.60. The van der Waals surface area contributed by atoms with Gasteiger partial charge in [-0.05, 0) is 53.6 Å². The summed E-state index contributed by atoms with van der Waals surface area (Å²) in [4.78, 5) is 24.0. The predicted octanol–water partition coefficient (Wildman–Crippen LogP) is 3.28. The lowest BCUT2D eigenvalue weighted by atomic mass is 9.83. The number of amides is 2. The summed E-state index contributed by atoms with van der Waals surface area (Å²) < 4.78 is 5.01. The maximum absolute atomic E-state index is 12.2. The van der Waals surface area contributed by atoms with Gasteiger partial charge >= 0.3 is 0 Å². The van der Waals surface area contributed by atoms with Gasteiger partial charge in [-0.1, -0.05) is 32.9 Å². The highest BCUT2D eigenvalue weighted by Crippen LogP contribution is 2.27. The Hall–Kier alpha value is -2.56. The van der Waals surface area contributed by atoms with Gasteiger partial charge in [0.2, 0.25) is 5.91 Å². The molecule has 2 aromatic rings. The van der Waals surface area contributed by atoms with E-state index in [4.69, 9.17) is 4.42 Å². The Morgan fingerprint density at radius 3 is 2.19 bits per heavy atom. The molecule has 5 heteroatoms. The van der Waals surface area contributed by atoms with E-state index in [1.165, 1.54) is 11.8 Å². The molecule has 0 atom stereocenters. The maximum Gasteiger partial charge on any atom is 0.287 e. The Morgan fingerprint density at radius 2 is 1.65 bits per heavy atom. The van der Waals surface area contributed by atoms with Gasteiger partial charge in [0.25, 0.3) is 5.91 Å². The maximum atomic E-state index is 12.2. The molecular formula is C21H28N2O3. The minimum atomic E-state index is -0.284. The van der Waals surface area contributed by atoms with Crippen LogP contribution in [0.5, 0.6) is 0 Å². The summed E-state index contributed by atoms with van der Waals surface area (Å²) >= 11 is 0. The number of rotatable bonds is 6. The van der Waals surface area contributed by atoms with Crippen LogP contribution in [0.3, 0.4) is 0 Å². The van der Waals surface area contributed by atoms with E-state index in [1.54, 1.807) is 12.1 Å². The van der Waals surface area contributed by atoms with Crippen molar-refractivity contribution in [1.29, 1.82) is 0 Å². The summed E-state index contributed by atoms with van der Waals surface area (Å²) in [7, 11) is 0. The van der Waals surface area contributed by atoms with Crippen molar-refractivity contribution in [3.8, 4) is 0 Å². The number of benzene rings is 1. The van der Waals surface area contributed by atoms with Crippen LogP contribution in [-0.4, -0.2) is 24.9 Å². The molecule has 0 aliphatic carbocycles. The summed E-state index contributed by atoms with van der Waals surface area (Å²) in [6.45, 7) is 11.4. The van der Waals surface area contributed by atoms with Crippen molar-refractivity contribution in [3.05, 3.63) is 58.5 Å². The fraction of sp³-hybridized carbons (Fsp3) is 0.429. The molecule has 0 saturated heterocycles. The van der Waals surface area contributed by atoms with Crippen LogP contribution in [0.1, 0.15) is 53.6 Å². The largest absolute Gasteiger partial charge is 0.459 e. The lowest BCUT2D eigenvalue weighted by Crippen LogP contribution is -2.35. The molecule has 0 aliphatic rings. The normalized spacial score (nSPS) is 11.3. The van der Waals surface area contributed by atoms with Crippen LogP contribution in [0.15, 0.2) is 34.9 Å². The lowest BCUT2D eigenvalue weighted by molar-refractivity contribution is -0.120. The van der Waals surface area contributed by atoms with E-state index in [1.807, 2.05) is 0 Å². The summed E-state index contributed by atoms with van der Waals surface area (Å²) in [5.41, 5.74) is 4.70. The topological polar surface area (TPSA) is 71.3 Å². The number of carbonyl (C=O) groups is 2. The van der Waals surface area contributed by atoms with E-state index < -0.39 is 0 Å². The Balaban J connectivity index is 1.85. The van der Waals surface area contributed by atoms with Crippen LogP contribution in [0.25, 0.3) is 0 Å². The standard InChI is InChI=1S/C21H28N2O3/c1-14-11-16(21(3,4)5)12-15(2)17(14)13-19(24)22-8-9-23-20(25)18-7-6-10-26-18/h6-7,10-12H,8-9,13H2,1-5H3,(H,22,24)(H,23,25). The quantitative estimate of drug-likeness (QED) is 0.780. The third-order valence-corrected chi connectivity index (χ3v) is 4.38. The van der Waals surface area contributed by atoms with Crippen LogP contribution < -0.4 is 10.6 Å². The predicted molar refractivity (Wildman–Crippen MR) is 102 cm³/mol. The van der Waals surface area contributed by atoms with Crippen LogP contribution >= 0.6 is 0 Å². The number of carbonyl (C=O) groups excluding carboxylic acids is 2. The Morgan fingerprint density at radius 1 is 1.04 bits per heavy atom. The molecule has 0 radical (unpaired) electrons. The van der Waals surface area contributed by atoms with Gasteiger partial charge in [0.15, 0.2) is 5.76 Å². The number of nitrogens with one attached hydrogen (secondary N) is 2. The highest BCUT2D eigenvalue weighted by atomic mass is 16.3. The number of furan rings is 1. The molecule has 1 heterocycles. The van der Waals surface area contributed by atoms with Crippen LogP contribution in [-0.2, 0) is 16.6 Å². The van der Waals surface area contributed by atoms with Crippen LogP contribution in [0.4, 0.5) is 0 Å². The summed E-state index contributed by atoms with van der Waals surface area (Å²) in [5, 5.41) is 5.55. The molecule has 26 heavy (non-hydrogen) atoms. The third kappa shape index (κ3) is 5.22. The van der Waals surface area contributed by atoms with Crippen molar-refractivity contribution in [2.24, 2.45) is 0 Å². The highest BCUT2D eigenvalue weighted by molar-refractivity contribution is 5.91. The van der Waals surface area contributed by atoms with Gasteiger partial charge in [0, 0.05) is 13.1 Å². The monoisotopic (exact) mass is 356 g/mol. The first-order valence-electron chi connectivity index (χ1n) is 8.87. The summed E-state index contributed by atoms with van der Waals surface area (Å²) in [6, 6.07) is 7.59. The molecule has 0 bridgehead atoms. The zero-order valence-corrected chi connectivity index (χ0v) is 16.2. The number of hydrogen-bond donors (Lipinski definition) is 2. The smallest absolute Gasteiger partial charge is 0.287 e. The average molecular weight is 356 g/mol. The Bertz CT molecular complexity index is 748. The molecule has 0 fully saturated rings. The summed E-state index contributed by atoms with van der Waals surface area (Å²) in [6.07, 6.45) is 1.79. The van der Waals surface area contributed by atoms with Crippen molar-refractivity contribution in [2.45, 2.75) is 46.5 Å². The van der Waals surface area contributed by atoms with E-state index in [-0.39, 0.29) is 23.0 Å². The van der Waals surface area contributed by atoms with Crippen molar-refractivity contribution in [1.82, 2.24) is 10.6 Å². The Labute approximate surface area is 155 Å². The van der Waals surface area contributed by atoms with Gasteiger partial charge in [-0.25, -0.2) is 0 Å². The third-order valence-electron chi connectivity index (χ3n) is 4.38. The summed E-state index contributed by atoms with van der Waals surface area (Å²) in [5.74, 6) is -0.0674. The fourth-order valence-electron chi connectivity index (χ4n) is 2.80. The first-order chi connectivity index (χ1) is 12.2. The lowest BCUT2D eigenvalue weighted by Gasteiger charge is -2.22. The molecule has 0 unspecified atom stereocenters. The molecule has 1 aromatic carbocycles. The second-order valence-corrected chi connectivity index (χ2v) is 7.60. The number of aryl methyl sites for hydroxylation is 2. The van der Waals surface area contributed by atoms with Crippen molar-refractivity contribution < 1.29 is 14.0 Å². The van der Waals surface area contributed by atoms with E-state index >= 15 is 0 Å². The minimum absolute atomic E-state index is 0.0491. The molecule has 0 aliphatic heterocycles. The van der Waals surface area contributed by atoms with E-state index in [9.17, 15) is 9.59 Å². The van der Waals surface area contributed by atoms with Gasteiger partial charge < -0.3 is 15.1 Å². The van der Waals surface area contributed by atoms with Gasteiger partial charge in [-0.3, -0.25) is 9.59 Å². The molecule has 0 saturated carbocycles. The molecular weight excluding hydrogens is 328 g/mol. The first-order valence-corrected chi connectivity index (χ1v) is 8.87. The fourth-order valence-corrected chi connectivity index (χ4v) is 2.80. The van der Waals surface area contributed by atoms with E-state index in [0.29, 0.717) is 19.5 Å². The molecule has 140 valence electrons. The zero-order valence-electron chi connectivity index (χ0n) is 16.2. The van der Waals surface area contributed by atoms with Crippen LogP contribution in [0, 0.1) is 13.8 Å². The van der Waals surface area contributed by atoms with E-state index in [2.05, 4.69) is 57.4 Å². The Kier molecular flexibility index (Phi) is 6.24. The molecule has 2 N–H and O–H groups in total. The van der Waals surface area contributed by atoms with Crippen molar-refractivity contribution in [3.63, 3.8) is 0 Å². The zero-order chi connectivity index (χ0) is 19.3. The van der Waals surface area contributed by atoms with Crippen LogP contribution in [0.2, 0.25) is 0 Å². The van der Waals surface area contributed by atoms with Gasteiger partial charge in [0.05, 0.1) is 12.7 Å². The molecule has 2 amide bonds. The van der Waals surface area contributed by atoms with Gasteiger partial charge in [0.1, 0.15) is 0 Å². The van der Waals surface area contributed by atoms with Gasteiger partial charge in [-0.15, -0.1) is 0 Å². The molecule has 5 nitrogen and oxygen atoms in total. The molecule has 2 rings (SSSR count). The molecule has 1 aromatic heterocycles. The van der Waals surface area contributed by atoms with E-state index in [0.717, 1.165) is 16.7 Å². The number of hydrogen-bond acceptors (Lipinski definition) is 3. The van der Waals surface area contributed by atoms with Crippen molar-refractivity contribution in [2.75, 3.05) is 13.1 Å². The average Bonchev–Trinajstić information content (AvgIpc) is 3.08.